The van der Waals surface area contributed by atoms with Gasteiger partial charge in [-0.05, 0) is 37.3 Å². The minimum atomic E-state index is 0.0262. The maximum Gasteiger partial charge on any atom is 0.261 e. The van der Waals surface area contributed by atoms with Crippen LogP contribution >= 0.6 is 11.3 Å². The molecule has 17 heavy (non-hydrogen) atoms. The van der Waals surface area contributed by atoms with Gasteiger partial charge in [-0.25, -0.2) is 0 Å². The standard InChI is InChI=1S/C14H17NOS/c1-2-3-9-15-14(16)13-10-11-7-5-4-6-8-12(11)17-13/h1,10H,3-9H2,(H,15,16). The Labute approximate surface area is 106 Å². The molecule has 0 bridgehead atoms. The molecule has 0 saturated heterocycles. The molecule has 0 aromatic carbocycles. The van der Waals surface area contributed by atoms with Gasteiger partial charge in [0, 0.05) is 17.8 Å². The summed E-state index contributed by atoms with van der Waals surface area (Å²) in [4.78, 5) is 14.1. The SMILES string of the molecule is C#CCCNC(=O)c1cc2c(s1)CCCCC2. The van der Waals surface area contributed by atoms with Crippen LogP contribution in [0.4, 0.5) is 0 Å². The summed E-state index contributed by atoms with van der Waals surface area (Å²) in [5, 5.41) is 2.85. The van der Waals surface area contributed by atoms with Crippen molar-refractivity contribution in [3.05, 3.63) is 21.4 Å². The van der Waals surface area contributed by atoms with Gasteiger partial charge in [0.25, 0.3) is 5.91 Å². The molecule has 0 radical (unpaired) electrons. The van der Waals surface area contributed by atoms with E-state index in [-0.39, 0.29) is 5.91 Å². The molecular formula is C14H17NOS. The Hall–Kier alpha value is -1.27. The highest BCUT2D eigenvalue weighted by molar-refractivity contribution is 7.14. The second-order valence-corrected chi connectivity index (χ2v) is 5.47. The van der Waals surface area contributed by atoms with Gasteiger partial charge < -0.3 is 5.32 Å². The number of fused-ring (bicyclic) bond motifs is 1. The topological polar surface area (TPSA) is 29.1 Å². The fourth-order valence-electron chi connectivity index (χ4n) is 2.11. The minimum absolute atomic E-state index is 0.0262. The zero-order chi connectivity index (χ0) is 12.1. The summed E-state index contributed by atoms with van der Waals surface area (Å²) in [5.74, 6) is 2.55. The third-order valence-electron chi connectivity index (χ3n) is 3.03. The Balaban J connectivity index is 2.02. The summed E-state index contributed by atoms with van der Waals surface area (Å²) >= 11 is 1.65. The van der Waals surface area contributed by atoms with Crippen LogP contribution in [0.15, 0.2) is 6.07 Å². The number of amides is 1. The monoisotopic (exact) mass is 247 g/mol. The quantitative estimate of drug-likeness (QED) is 0.497. The van der Waals surface area contributed by atoms with Crippen LogP contribution < -0.4 is 5.32 Å². The molecular weight excluding hydrogens is 230 g/mol. The summed E-state index contributed by atoms with van der Waals surface area (Å²) in [6.45, 7) is 0.567. The molecule has 1 heterocycles. The van der Waals surface area contributed by atoms with Gasteiger partial charge in [0.15, 0.2) is 0 Å². The zero-order valence-corrected chi connectivity index (χ0v) is 10.7. The highest BCUT2D eigenvalue weighted by Crippen LogP contribution is 2.28. The average molecular weight is 247 g/mol. The zero-order valence-electron chi connectivity index (χ0n) is 9.92. The van der Waals surface area contributed by atoms with Gasteiger partial charge in [0.1, 0.15) is 0 Å². The molecule has 3 heteroatoms. The van der Waals surface area contributed by atoms with E-state index in [0.717, 1.165) is 17.7 Å². The van der Waals surface area contributed by atoms with Crippen LogP contribution in [-0.2, 0) is 12.8 Å². The second kappa shape index (κ2) is 5.88. The van der Waals surface area contributed by atoms with E-state index in [4.69, 9.17) is 6.42 Å². The normalized spacial score (nSPS) is 14.5. The molecule has 2 rings (SSSR count). The molecule has 0 unspecified atom stereocenters. The first kappa shape index (κ1) is 12.2. The lowest BCUT2D eigenvalue weighted by Gasteiger charge is -1.99. The summed E-state index contributed by atoms with van der Waals surface area (Å²) in [7, 11) is 0. The molecule has 90 valence electrons. The molecule has 1 aromatic heterocycles. The smallest absolute Gasteiger partial charge is 0.261 e. The highest BCUT2D eigenvalue weighted by Gasteiger charge is 2.15. The van der Waals surface area contributed by atoms with E-state index in [9.17, 15) is 4.79 Å². The van der Waals surface area contributed by atoms with Gasteiger partial charge in [-0.1, -0.05) is 6.42 Å². The van der Waals surface area contributed by atoms with Crippen molar-refractivity contribution in [3.8, 4) is 12.3 Å². The Kier molecular flexibility index (Phi) is 4.22. The average Bonchev–Trinajstić information content (AvgIpc) is 2.61. The molecule has 1 aliphatic carbocycles. The van der Waals surface area contributed by atoms with Gasteiger partial charge >= 0.3 is 0 Å². The molecule has 0 spiro atoms. The van der Waals surface area contributed by atoms with E-state index < -0.39 is 0 Å². The first-order valence-corrected chi connectivity index (χ1v) is 6.96. The second-order valence-electron chi connectivity index (χ2n) is 4.33. The number of carbonyl (C=O) groups is 1. The molecule has 1 amide bonds. The first-order chi connectivity index (χ1) is 8.31. The van der Waals surface area contributed by atoms with Crippen molar-refractivity contribution in [1.29, 1.82) is 0 Å². The molecule has 0 fully saturated rings. The predicted octanol–water partition coefficient (Wildman–Crippen LogP) is 2.77. The van der Waals surface area contributed by atoms with Gasteiger partial charge in [-0.3, -0.25) is 4.79 Å². The Morgan fingerprint density at radius 3 is 3.06 bits per heavy atom. The van der Waals surface area contributed by atoms with E-state index in [1.807, 2.05) is 0 Å². The molecule has 0 atom stereocenters. The maximum atomic E-state index is 11.9. The number of carbonyl (C=O) groups excluding carboxylic acids is 1. The van der Waals surface area contributed by atoms with Gasteiger partial charge in [0.2, 0.25) is 0 Å². The fourth-order valence-corrected chi connectivity index (χ4v) is 3.28. The molecule has 1 aromatic rings. The van der Waals surface area contributed by atoms with Crippen molar-refractivity contribution < 1.29 is 4.79 Å². The largest absolute Gasteiger partial charge is 0.350 e. The van der Waals surface area contributed by atoms with E-state index in [0.29, 0.717) is 13.0 Å². The molecule has 1 aliphatic rings. The van der Waals surface area contributed by atoms with E-state index in [2.05, 4.69) is 17.3 Å². The van der Waals surface area contributed by atoms with Crippen LogP contribution in [0, 0.1) is 12.3 Å². The van der Waals surface area contributed by atoms with E-state index in [1.165, 1.54) is 29.7 Å². The van der Waals surface area contributed by atoms with Crippen LogP contribution in [0.25, 0.3) is 0 Å². The number of hydrogen-bond acceptors (Lipinski definition) is 2. The van der Waals surface area contributed by atoms with Crippen LogP contribution in [0.5, 0.6) is 0 Å². The first-order valence-electron chi connectivity index (χ1n) is 6.14. The Morgan fingerprint density at radius 1 is 1.41 bits per heavy atom. The maximum absolute atomic E-state index is 11.9. The summed E-state index contributed by atoms with van der Waals surface area (Å²) in [5.41, 5.74) is 1.38. The van der Waals surface area contributed by atoms with Gasteiger partial charge in [0.05, 0.1) is 4.88 Å². The number of rotatable bonds is 3. The Morgan fingerprint density at radius 2 is 2.24 bits per heavy atom. The summed E-state index contributed by atoms with van der Waals surface area (Å²) < 4.78 is 0. The Bertz CT molecular complexity index is 418. The fraction of sp³-hybridized carbons (Fsp3) is 0.500. The van der Waals surface area contributed by atoms with Gasteiger partial charge in [-0.2, -0.15) is 0 Å². The van der Waals surface area contributed by atoms with Crippen molar-refractivity contribution in [2.75, 3.05) is 6.54 Å². The van der Waals surface area contributed by atoms with Crippen LogP contribution in [-0.4, -0.2) is 12.5 Å². The van der Waals surface area contributed by atoms with Crippen LogP contribution in [0.3, 0.4) is 0 Å². The molecule has 2 nitrogen and oxygen atoms in total. The van der Waals surface area contributed by atoms with Crippen LogP contribution in [0.2, 0.25) is 0 Å². The third-order valence-corrected chi connectivity index (χ3v) is 4.26. The van der Waals surface area contributed by atoms with Crippen molar-refractivity contribution >= 4 is 17.2 Å². The molecule has 0 aliphatic heterocycles. The lowest BCUT2D eigenvalue weighted by molar-refractivity contribution is 0.0958. The number of aryl methyl sites for hydroxylation is 2. The van der Waals surface area contributed by atoms with Crippen LogP contribution in [0.1, 0.15) is 45.8 Å². The van der Waals surface area contributed by atoms with Crippen molar-refractivity contribution in [2.45, 2.75) is 38.5 Å². The number of thiophene rings is 1. The minimum Gasteiger partial charge on any atom is -0.350 e. The van der Waals surface area contributed by atoms with Crippen molar-refractivity contribution in [3.63, 3.8) is 0 Å². The van der Waals surface area contributed by atoms with Gasteiger partial charge in [-0.15, -0.1) is 23.7 Å². The summed E-state index contributed by atoms with van der Waals surface area (Å²) in [6.07, 6.45) is 11.8. The van der Waals surface area contributed by atoms with E-state index >= 15 is 0 Å². The lowest BCUT2D eigenvalue weighted by atomic mass is 10.1. The molecule has 0 saturated carbocycles. The highest BCUT2D eigenvalue weighted by atomic mass is 32.1. The predicted molar refractivity (Wildman–Crippen MR) is 71.4 cm³/mol. The number of terminal acetylenes is 1. The third kappa shape index (κ3) is 3.10. The van der Waals surface area contributed by atoms with Crippen molar-refractivity contribution in [2.24, 2.45) is 0 Å². The number of nitrogens with one attached hydrogen (secondary N) is 1. The molecule has 1 N–H and O–H groups in total. The lowest BCUT2D eigenvalue weighted by Crippen LogP contribution is -2.23. The summed E-state index contributed by atoms with van der Waals surface area (Å²) in [6, 6.07) is 2.07. The van der Waals surface area contributed by atoms with Crippen molar-refractivity contribution in [1.82, 2.24) is 5.32 Å². The van der Waals surface area contributed by atoms with E-state index in [1.54, 1.807) is 11.3 Å². The number of hydrogen-bond donors (Lipinski definition) is 1.